The quantitative estimate of drug-likeness (QED) is 0.384. The molecule has 0 aliphatic carbocycles. The molecule has 0 saturated heterocycles. The third-order valence-corrected chi connectivity index (χ3v) is 1.89. The standard InChI is InChI=1S/C12H21NO5/c1-6-16-12(17-7-2,18-8-3)10-9-11(14)13(4)15-5/h6-8H2,1-5H3. The number of carbonyl (C=O) groups excluding carboxylic acids is 1. The summed E-state index contributed by atoms with van der Waals surface area (Å²) >= 11 is 0. The average molecular weight is 259 g/mol. The Hall–Kier alpha value is -1.13. The number of hydroxylamine groups is 2. The van der Waals surface area contributed by atoms with Crippen LogP contribution in [0.3, 0.4) is 0 Å². The van der Waals surface area contributed by atoms with Gasteiger partial charge < -0.3 is 14.2 Å². The smallest absolute Gasteiger partial charge is 0.317 e. The molecule has 0 atom stereocenters. The molecule has 0 aliphatic heterocycles. The van der Waals surface area contributed by atoms with E-state index in [0.717, 1.165) is 5.06 Å². The van der Waals surface area contributed by atoms with Crippen molar-refractivity contribution in [2.24, 2.45) is 0 Å². The van der Waals surface area contributed by atoms with Crippen LogP contribution in [0.15, 0.2) is 0 Å². The van der Waals surface area contributed by atoms with Crippen molar-refractivity contribution < 1.29 is 23.8 Å². The van der Waals surface area contributed by atoms with Crippen LogP contribution in [0.2, 0.25) is 0 Å². The first-order chi connectivity index (χ1) is 8.55. The minimum Gasteiger partial charge on any atom is -0.317 e. The van der Waals surface area contributed by atoms with Crippen molar-refractivity contribution in [1.29, 1.82) is 0 Å². The van der Waals surface area contributed by atoms with Crippen molar-refractivity contribution in [2.45, 2.75) is 26.7 Å². The lowest BCUT2D eigenvalue weighted by Gasteiger charge is -2.26. The van der Waals surface area contributed by atoms with Gasteiger partial charge in [-0.2, -0.15) is 0 Å². The number of nitrogens with zero attached hydrogens (tertiary/aromatic N) is 1. The molecular formula is C12H21NO5. The zero-order valence-corrected chi connectivity index (χ0v) is 11.6. The first-order valence-electron chi connectivity index (χ1n) is 5.82. The molecule has 1 amide bonds. The fourth-order valence-corrected chi connectivity index (χ4v) is 1.09. The van der Waals surface area contributed by atoms with Crippen molar-refractivity contribution in [3.05, 3.63) is 0 Å². The van der Waals surface area contributed by atoms with Crippen molar-refractivity contribution in [1.82, 2.24) is 5.06 Å². The average Bonchev–Trinajstić information content (AvgIpc) is 2.36. The Balaban J connectivity index is 4.95. The Morgan fingerprint density at radius 2 is 1.56 bits per heavy atom. The zero-order chi connectivity index (χ0) is 14.0. The summed E-state index contributed by atoms with van der Waals surface area (Å²) in [6.07, 6.45) is 0. The van der Waals surface area contributed by atoms with Crippen molar-refractivity contribution >= 4 is 5.91 Å². The Kier molecular flexibility index (Phi) is 8.33. The molecule has 0 fully saturated rings. The third-order valence-electron chi connectivity index (χ3n) is 1.89. The summed E-state index contributed by atoms with van der Waals surface area (Å²) in [5, 5.41) is 1.00. The molecule has 0 aromatic heterocycles. The fraction of sp³-hybridized carbons (Fsp3) is 0.750. The van der Waals surface area contributed by atoms with E-state index in [2.05, 4.69) is 11.8 Å². The minimum absolute atomic E-state index is 0.350. The monoisotopic (exact) mass is 259 g/mol. The van der Waals surface area contributed by atoms with Gasteiger partial charge in [-0.05, 0) is 20.8 Å². The van der Waals surface area contributed by atoms with Gasteiger partial charge in [0.1, 0.15) is 0 Å². The van der Waals surface area contributed by atoms with Gasteiger partial charge in [-0.3, -0.25) is 9.63 Å². The maximum atomic E-state index is 11.5. The van der Waals surface area contributed by atoms with Crippen LogP contribution in [0.4, 0.5) is 0 Å². The van der Waals surface area contributed by atoms with Crippen LogP contribution >= 0.6 is 0 Å². The summed E-state index contributed by atoms with van der Waals surface area (Å²) in [6, 6.07) is 0. The third kappa shape index (κ3) is 5.47. The fourth-order valence-electron chi connectivity index (χ4n) is 1.09. The van der Waals surface area contributed by atoms with E-state index in [9.17, 15) is 4.79 Å². The summed E-state index contributed by atoms with van der Waals surface area (Å²) in [7, 11) is 2.83. The summed E-state index contributed by atoms with van der Waals surface area (Å²) in [6.45, 7) is 6.42. The lowest BCUT2D eigenvalue weighted by atomic mass is 10.4. The predicted molar refractivity (Wildman–Crippen MR) is 65.2 cm³/mol. The Bertz CT molecular complexity index is 290. The first kappa shape index (κ1) is 16.9. The van der Waals surface area contributed by atoms with Crippen LogP contribution in [0.5, 0.6) is 0 Å². The topological polar surface area (TPSA) is 57.2 Å². The number of hydrogen-bond donors (Lipinski definition) is 0. The number of amides is 1. The molecule has 0 radical (unpaired) electrons. The van der Waals surface area contributed by atoms with Gasteiger partial charge in [0.05, 0.1) is 26.9 Å². The van der Waals surface area contributed by atoms with Crippen LogP contribution in [0, 0.1) is 11.8 Å². The van der Waals surface area contributed by atoms with Crippen molar-refractivity contribution in [2.75, 3.05) is 34.0 Å². The van der Waals surface area contributed by atoms with Crippen LogP contribution in [0.1, 0.15) is 20.8 Å². The van der Waals surface area contributed by atoms with Gasteiger partial charge in [-0.15, -0.1) is 0 Å². The van der Waals surface area contributed by atoms with Crippen molar-refractivity contribution in [3.8, 4) is 11.8 Å². The van der Waals surface area contributed by atoms with Gasteiger partial charge in [0.2, 0.25) is 0 Å². The van der Waals surface area contributed by atoms with Gasteiger partial charge in [0.15, 0.2) is 0 Å². The van der Waals surface area contributed by atoms with E-state index in [1.807, 2.05) is 0 Å². The van der Waals surface area contributed by atoms with E-state index in [4.69, 9.17) is 19.0 Å². The van der Waals surface area contributed by atoms with E-state index in [1.165, 1.54) is 14.2 Å². The van der Waals surface area contributed by atoms with E-state index in [1.54, 1.807) is 20.8 Å². The van der Waals surface area contributed by atoms with Gasteiger partial charge in [0.25, 0.3) is 0 Å². The molecule has 6 nitrogen and oxygen atoms in total. The number of rotatable bonds is 7. The Labute approximate surface area is 108 Å². The molecule has 104 valence electrons. The van der Waals surface area contributed by atoms with E-state index in [-0.39, 0.29) is 0 Å². The highest BCUT2D eigenvalue weighted by Crippen LogP contribution is 2.14. The summed E-state index contributed by atoms with van der Waals surface area (Å²) in [5.41, 5.74) is 0. The Morgan fingerprint density at radius 1 is 1.11 bits per heavy atom. The molecule has 0 aromatic rings. The predicted octanol–water partition coefficient (Wildman–Crippen LogP) is 0.773. The summed E-state index contributed by atoms with van der Waals surface area (Å²) < 4.78 is 16.0. The molecule has 0 unspecified atom stereocenters. The van der Waals surface area contributed by atoms with E-state index < -0.39 is 11.9 Å². The number of ether oxygens (including phenoxy) is 3. The van der Waals surface area contributed by atoms with E-state index >= 15 is 0 Å². The second-order valence-electron chi connectivity index (χ2n) is 3.09. The normalized spacial score (nSPS) is 10.7. The molecule has 0 aromatic carbocycles. The second-order valence-corrected chi connectivity index (χ2v) is 3.09. The van der Waals surface area contributed by atoms with Gasteiger partial charge in [-0.25, -0.2) is 5.06 Å². The highest BCUT2D eigenvalue weighted by Gasteiger charge is 2.30. The van der Waals surface area contributed by atoms with Crippen LogP contribution < -0.4 is 0 Å². The van der Waals surface area contributed by atoms with Gasteiger partial charge in [-0.1, -0.05) is 0 Å². The lowest BCUT2D eigenvalue weighted by molar-refractivity contribution is -0.339. The lowest BCUT2D eigenvalue weighted by Crippen LogP contribution is -2.38. The molecule has 0 saturated carbocycles. The zero-order valence-electron chi connectivity index (χ0n) is 11.6. The minimum atomic E-state index is -1.50. The molecule has 0 heterocycles. The van der Waals surface area contributed by atoms with Gasteiger partial charge in [0, 0.05) is 18.9 Å². The molecule has 0 aliphatic rings. The van der Waals surface area contributed by atoms with Crippen LogP contribution in [-0.2, 0) is 23.8 Å². The largest absolute Gasteiger partial charge is 0.353 e. The van der Waals surface area contributed by atoms with E-state index in [0.29, 0.717) is 19.8 Å². The molecular weight excluding hydrogens is 238 g/mol. The molecule has 6 heteroatoms. The SMILES string of the molecule is CCOC(C#CC(=O)N(C)OC)(OCC)OCC. The molecule has 0 N–H and O–H groups in total. The maximum absolute atomic E-state index is 11.5. The van der Waals surface area contributed by atoms with Crippen molar-refractivity contribution in [3.63, 3.8) is 0 Å². The molecule has 0 rings (SSSR count). The van der Waals surface area contributed by atoms with Crippen LogP contribution in [0.25, 0.3) is 0 Å². The highest BCUT2D eigenvalue weighted by atomic mass is 16.9. The summed E-state index contributed by atoms with van der Waals surface area (Å²) in [4.78, 5) is 16.2. The highest BCUT2D eigenvalue weighted by molar-refractivity contribution is 5.92. The molecule has 0 spiro atoms. The first-order valence-corrected chi connectivity index (χ1v) is 5.82. The van der Waals surface area contributed by atoms with Crippen LogP contribution in [-0.4, -0.2) is 50.9 Å². The molecule has 18 heavy (non-hydrogen) atoms. The number of hydrogen-bond acceptors (Lipinski definition) is 5. The molecule has 0 bridgehead atoms. The number of carbonyl (C=O) groups is 1. The maximum Gasteiger partial charge on any atom is 0.353 e. The summed E-state index contributed by atoms with van der Waals surface area (Å²) in [5.74, 6) is 2.92. The second kappa shape index (κ2) is 8.89. The van der Waals surface area contributed by atoms with Gasteiger partial charge >= 0.3 is 11.9 Å². The Morgan fingerprint density at radius 3 is 1.89 bits per heavy atom.